The minimum absolute atomic E-state index is 0.0605. The van der Waals surface area contributed by atoms with Crippen molar-refractivity contribution in [1.82, 2.24) is 5.32 Å². The minimum atomic E-state index is -0.943. The lowest BCUT2D eigenvalue weighted by molar-refractivity contribution is -0.145. The maximum Gasteiger partial charge on any atom is 0.328 e. The van der Waals surface area contributed by atoms with Crippen LogP contribution in [0.3, 0.4) is 0 Å². The Kier molecular flexibility index (Phi) is 5.25. The second-order valence-corrected chi connectivity index (χ2v) is 5.35. The van der Waals surface area contributed by atoms with E-state index >= 15 is 0 Å². The van der Waals surface area contributed by atoms with E-state index in [2.05, 4.69) is 5.32 Å². The van der Waals surface area contributed by atoms with Crippen molar-refractivity contribution in [2.24, 2.45) is 5.92 Å². The zero-order valence-corrected chi connectivity index (χ0v) is 12.3. The first-order valence-electron chi connectivity index (χ1n) is 7.18. The standard InChI is InChI=1S/C16H18FNO4/c1-22-16(21)14(10-5-4-6-11(19)9-10)18-15(20)12-7-2-3-8-13(12)17/h2-3,7-8,10,14H,4-6,9H2,1H3,(H,18,20)/t10-,14+/m1/s1. The number of esters is 1. The van der Waals surface area contributed by atoms with Gasteiger partial charge in [0.2, 0.25) is 0 Å². The number of ether oxygens (including phenoxy) is 1. The second kappa shape index (κ2) is 7.15. The van der Waals surface area contributed by atoms with Crippen molar-refractivity contribution in [1.29, 1.82) is 0 Å². The third kappa shape index (κ3) is 3.69. The molecule has 2 atom stereocenters. The topological polar surface area (TPSA) is 72.5 Å². The van der Waals surface area contributed by atoms with Gasteiger partial charge in [0.25, 0.3) is 5.91 Å². The molecule has 1 saturated carbocycles. The van der Waals surface area contributed by atoms with Crippen molar-refractivity contribution in [3.05, 3.63) is 35.6 Å². The Morgan fingerprint density at radius 3 is 2.73 bits per heavy atom. The number of amides is 1. The lowest BCUT2D eigenvalue weighted by Crippen LogP contribution is -2.48. The zero-order valence-electron chi connectivity index (χ0n) is 12.3. The maximum atomic E-state index is 13.6. The van der Waals surface area contributed by atoms with E-state index in [9.17, 15) is 18.8 Å². The monoisotopic (exact) mass is 307 g/mol. The van der Waals surface area contributed by atoms with E-state index in [1.165, 1.54) is 31.4 Å². The van der Waals surface area contributed by atoms with Crippen LogP contribution in [0.15, 0.2) is 24.3 Å². The molecule has 0 spiro atoms. The Balaban J connectivity index is 2.16. The number of hydrogen-bond acceptors (Lipinski definition) is 4. The van der Waals surface area contributed by atoms with Crippen molar-refractivity contribution in [3.8, 4) is 0 Å². The van der Waals surface area contributed by atoms with Crippen LogP contribution in [0.5, 0.6) is 0 Å². The van der Waals surface area contributed by atoms with Crippen LogP contribution in [0.2, 0.25) is 0 Å². The summed E-state index contributed by atoms with van der Waals surface area (Å²) in [5.41, 5.74) is -0.140. The molecule has 0 radical (unpaired) electrons. The molecule has 1 fully saturated rings. The van der Waals surface area contributed by atoms with Crippen LogP contribution in [0.1, 0.15) is 36.0 Å². The molecule has 1 aliphatic rings. The number of benzene rings is 1. The first-order valence-corrected chi connectivity index (χ1v) is 7.18. The highest BCUT2D eigenvalue weighted by molar-refractivity contribution is 5.97. The van der Waals surface area contributed by atoms with Crippen LogP contribution < -0.4 is 5.32 Å². The molecule has 1 aliphatic carbocycles. The summed E-state index contributed by atoms with van der Waals surface area (Å²) in [6.45, 7) is 0. The molecule has 5 nitrogen and oxygen atoms in total. The highest BCUT2D eigenvalue weighted by Gasteiger charge is 2.34. The summed E-state index contributed by atoms with van der Waals surface area (Å²) in [6.07, 6.45) is 2.03. The van der Waals surface area contributed by atoms with Crippen LogP contribution in [0.25, 0.3) is 0 Å². The van der Waals surface area contributed by atoms with E-state index in [-0.39, 0.29) is 23.7 Å². The molecule has 1 aromatic carbocycles. The number of rotatable bonds is 4. The third-order valence-corrected chi connectivity index (χ3v) is 3.85. The van der Waals surface area contributed by atoms with E-state index in [4.69, 9.17) is 4.74 Å². The summed E-state index contributed by atoms with van der Waals surface area (Å²) in [5.74, 6) is -2.23. The molecular formula is C16H18FNO4. The maximum absolute atomic E-state index is 13.6. The number of ketones is 1. The fraction of sp³-hybridized carbons (Fsp3) is 0.438. The average molecular weight is 307 g/mol. The second-order valence-electron chi connectivity index (χ2n) is 5.35. The van der Waals surface area contributed by atoms with Gasteiger partial charge < -0.3 is 10.1 Å². The lowest BCUT2D eigenvalue weighted by atomic mass is 9.83. The number of hydrogen-bond donors (Lipinski definition) is 1. The average Bonchev–Trinajstić information content (AvgIpc) is 2.52. The number of Topliss-reactive ketones (excluding diaryl/α,β-unsaturated/α-hetero) is 1. The molecular weight excluding hydrogens is 289 g/mol. The van der Waals surface area contributed by atoms with Crippen LogP contribution in [0.4, 0.5) is 4.39 Å². The van der Waals surface area contributed by atoms with Crippen molar-refractivity contribution < 1.29 is 23.5 Å². The highest BCUT2D eigenvalue weighted by Crippen LogP contribution is 2.25. The lowest BCUT2D eigenvalue weighted by Gasteiger charge is -2.28. The Labute approximate surface area is 127 Å². The van der Waals surface area contributed by atoms with E-state index in [0.29, 0.717) is 19.3 Å². The van der Waals surface area contributed by atoms with E-state index < -0.39 is 23.7 Å². The van der Waals surface area contributed by atoms with Gasteiger partial charge in [-0.3, -0.25) is 9.59 Å². The van der Waals surface area contributed by atoms with Crippen molar-refractivity contribution in [2.45, 2.75) is 31.7 Å². The molecule has 1 amide bonds. The summed E-state index contributed by atoms with van der Waals surface area (Å²) >= 11 is 0. The van der Waals surface area contributed by atoms with Gasteiger partial charge in [0.15, 0.2) is 0 Å². The van der Waals surface area contributed by atoms with Gasteiger partial charge in [-0.25, -0.2) is 9.18 Å². The summed E-state index contributed by atoms with van der Waals surface area (Å²) in [4.78, 5) is 35.7. The van der Waals surface area contributed by atoms with E-state index in [1.807, 2.05) is 0 Å². The van der Waals surface area contributed by atoms with Crippen LogP contribution >= 0.6 is 0 Å². The molecule has 0 aromatic heterocycles. The molecule has 22 heavy (non-hydrogen) atoms. The summed E-state index contributed by atoms with van der Waals surface area (Å²) in [7, 11) is 1.22. The van der Waals surface area contributed by atoms with Gasteiger partial charge in [-0.2, -0.15) is 0 Å². The molecule has 0 unspecified atom stereocenters. The third-order valence-electron chi connectivity index (χ3n) is 3.85. The molecule has 0 heterocycles. The van der Waals surface area contributed by atoms with Gasteiger partial charge in [-0.05, 0) is 30.9 Å². The van der Waals surface area contributed by atoms with Gasteiger partial charge >= 0.3 is 5.97 Å². The molecule has 0 bridgehead atoms. The van der Waals surface area contributed by atoms with Gasteiger partial charge in [-0.1, -0.05) is 12.1 Å². The van der Waals surface area contributed by atoms with Crippen LogP contribution in [-0.4, -0.2) is 30.8 Å². The summed E-state index contributed by atoms with van der Waals surface area (Å²) in [6, 6.07) is 4.58. The quantitative estimate of drug-likeness (QED) is 0.862. The molecule has 0 aliphatic heterocycles. The SMILES string of the molecule is COC(=O)[C@@H](NC(=O)c1ccccc1F)[C@@H]1CCCC(=O)C1. The van der Waals surface area contributed by atoms with Gasteiger partial charge in [0.1, 0.15) is 17.6 Å². The fourth-order valence-corrected chi connectivity index (χ4v) is 2.70. The largest absolute Gasteiger partial charge is 0.467 e. The number of halogens is 1. The molecule has 118 valence electrons. The fourth-order valence-electron chi connectivity index (χ4n) is 2.70. The molecule has 2 rings (SSSR count). The molecule has 0 saturated heterocycles. The van der Waals surface area contributed by atoms with E-state index in [0.717, 1.165) is 0 Å². The van der Waals surface area contributed by atoms with Gasteiger partial charge in [-0.15, -0.1) is 0 Å². The van der Waals surface area contributed by atoms with Crippen molar-refractivity contribution in [2.75, 3.05) is 7.11 Å². The van der Waals surface area contributed by atoms with Gasteiger partial charge in [0, 0.05) is 12.8 Å². The molecule has 1 N–H and O–H groups in total. The Bertz CT molecular complexity index is 587. The van der Waals surface area contributed by atoms with Crippen LogP contribution in [-0.2, 0) is 14.3 Å². The Hall–Kier alpha value is -2.24. The Morgan fingerprint density at radius 1 is 1.36 bits per heavy atom. The Morgan fingerprint density at radius 2 is 2.09 bits per heavy atom. The minimum Gasteiger partial charge on any atom is -0.467 e. The number of methoxy groups -OCH3 is 1. The summed E-state index contributed by atoms with van der Waals surface area (Å²) in [5, 5.41) is 2.51. The zero-order chi connectivity index (χ0) is 16.1. The first kappa shape index (κ1) is 16.1. The smallest absolute Gasteiger partial charge is 0.328 e. The van der Waals surface area contributed by atoms with Crippen molar-refractivity contribution >= 4 is 17.7 Å². The number of nitrogens with one attached hydrogen (secondary N) is 1. The molecule has 1 aromatic rings. The number of carbonyl (C=O) groups is 3. The predicted molar refractivity (Wildman–Crippen MR) is 76.6 cm³/mol. The number of carbonyl (C=O) groups excluding carboxylic acids is 3. The predicted octanol–water partition coefficient (Wildman–Crippen LogP) is 1.86. The van der Waals surface area contributed by atoms with E-state index in [1.54, 1.807) is 0 Å². The van der Waals surface area contributed by atoms with Gasteiger partial charge in [0.05, 0.1) is 12.7 Å². The normalized spacial score (nSPS) is 19.4. The summed E-state index contributed by atoms with van der Waals surface area (Å²) < 4.78 is 18.4. The molecule has 6 heteroatoms. The van der Waals surface area contributed by atoms with Crippen LogP contribution in [0, 0.1) is 11.7 Å². The van der Waals surface area contributed by atoms with Crippen molar-refractivity contribution in [3.63, 3.8) is 0 Å². The highest BCUT2D eigenvalue weighted by atomic mass is 19.1. The first-order chi connectivity index (χ1) is 10.5.